The van der Waals surface area contributed by atoms with Crippen molar-refractivity contribution in [1.29, 1.82) is 0 Å². The fraction of sp³-hybridized carbons (Fsp3) is 0.212. The lowest BCUT2D eigenvalue weighted by atomic mass is 10.0. The van der Waals surface area contributed by atoms with Gasteiger partial charge in [-0.1, -0.05) is 77.8 Å². The Morgan fingerprint density at radius 1 is 0.818 bits per heavy atom. The van der Waals surface area contributed by atoms with Gasteiger partial charge in [-0.2, -0.15) is 0 Å². The second-order valence-corrected chi connectivity index (χ2v) is 14.7. The lowest BCUT2D eigenvalue weighted by Gasteiger charge is -2.27. The van der Waals surface area contributed by atoms with E-state index in [2.05, 4.69) is 41.7 Å². The molecule has 0 saturated heterocycles. The number of rotatable bonds is 14. The first-order valence-corrected chi connectivity index (χ1v) is 16.8. The number of hydrogen-bond acceptors (Lipinski definition) is 6. The number of non-ortho nitro benzene ring substituents is 1. The summed E-state index contributed by atoms with van der Waals surface area (Å²) in [5, 5.41) is 28.1. The molecule has 1 amide bonds. The summed E-state index contributed by atoms with van der Waals surface area (Å²) in [4.78, 5) is 34.3. The summed E-state index contributed by atoms with van der Waals surface area (Å²) < 4.78 is 5.53. The van der Waals surface area contributed by atoms with E-state index < -0.39 is 41.0 Å². The summed E-state index contributed by atoms with van der Waals surface area (Å²) in [5.41, 5.74) is 0.121. The summed E-state index contributed by atoms with van der Waals surface area (Å²) in [6, 6.07) is 35.1. The highest BCUT2D eigenvalue weighted by Gasteiger charge is 2.44. The van der Waals surface area contributed by atoms with Gasteiger partial charge in [-0.3, -0.25) is 19.7 Å². The first kappa shape index (κ1) is 33.1. The Labute approximate surface area is 266 Å². The lowest BCUT2D eigenvalue weighted by molar-refractivity contribution is -0.384. The lowest BCUT2D eigenvalue weighted by Crippen LogP contribution is -2.45. The van der Waals surface area contributed by atoms with E-state index >= 15 is 0 Å². The largest absolute Gasteiger partial charge is 0.463 e. The molecule has 2 N–H and O–H groups in total. The van der Waals surface area contributed by atoms with Gasteiger partial charge in [0.1, 0.15) is 35.9 Å². The number of esters is 1. The molecule has 0 saturated carbocycles. The molecule has 0 aromatic heterocycles. The van der Waals surface area contributed by atoms with Crippen molar-refractivity contribution in [2.75, 3.05) is 12.8 Å². The van der Waals surface area contributed by atoms with Crippen molar-refractivity contribution < 1.29 is 24.4 Å². The number of aliphatic hydroxyl groups excluding tert-OH is 1. The van der Waals surface area contributed by atoms with E-state index in [1.54, 1.807) is 0 Å². The number of benzene rings is 4. The SMILES string of the molecule is O=C(CCC[P+](c1ccccc1)(c1ccccc1)c1ccccc1)OC[C@H](NC(=O)C(Cl)Cl)[C@H](O)c1ccc([N+](=O)[O-])cc1. The summed E-state index contributed by atoms with van der Waals surface area (Å²) in [6.07, 6.45) is -0.00625. The van der Waals surface area contributed by atoms with E-state index in [1.807, 2.05) is 54.6 Å². The van der Waals surface area contributed by atoms with Crippen molar-refractivity contribution in [3.63, 3.8) is 0 Å². The standard InChI is InChI=1S/C33H31Cl2N2O6P/c34-32(35)33(40)36-29(31(39)24-18-20-25(21-19-24)37(41)42)23-43-30(38)17-10-22-44(26-11-4-1-5-12-26,27-13-6-2-7-14-27)28-15-8-3-9-16-28/h1-9,11-16,18-21,29,31-32,39H,10,17,22-23H2/p+1/t29-,31+/m0/s1. The van der Waals surface area contributed by atoms with Crippen LogP contribution in [0.3, 0.4) is 0 Å². The fourth-order valence-corrected chi connectivity index (χ4v) is 9.55. The molecule has 11 heteroatoms. The van der Waals surface area contributed by atoms with Gasteiger partial charge in [-0.05, 0) is 60.5 Å². The van der Waals surface area contributed by atoms with Gasteiger partial charge in [-0.15, -0.1) is 0 Å². The second-order valence-electron chi connectivity index (χ2n) is 10.0. The van der Waals surface area contributed by atoms with Gasteiger partial charge >= 0.3 is 5.97 Å². The third kappa shape index (κ3) is 8.21. The summed E-state index contributed by atoms with van der Waals surface area (Å²) in [5.74, 6) is -1.28. The smallest absolute Gasteiger partial charge is 0.306 e. The van der Waals surface area contributed by atoms with Gasteiger partial charge in [0.2, 0.25) is 0 Å². The molecule has 8 nitrogen and oxygen atoms in total. The topological polar surface area (TPSA) is 119 Å². The highest BCUT2D eigenvalue weighted by Crippen LogP contribution is 2.55. The van der Waals surface area contributed by atoms with Crippen molar-refractivity contribution in [2.24, 2.45) is 0 Å². The van der Waals surface area contributed by atoms with E-state index in [0.717, 1.165) is 0 Å². The van der Waals surface area contributed by atoms with Crippen LogP contribution < -0.4 is 21.2 Å². The molecule has 0 aliphatic heterocycles. The molecular formula is C33H32Cl2N2O6P+. The van der Waals surface area contributed by atoms with Gasteiger partial charge < -0.3 is 15.2 Å². The Kier molecular flexibility index (Phi) is 11.9. The minimum Gasteiger partial charge on any atom is -0.463 e. The van der Waals surface area contributed by atoms with Crippen molar-refractivity contribution in [3.8, 4) is 0 Å². The molecule has 0 radical (unpaired) electrons. The zero-order valence-electron chi connectivity index (χ0n) is 23.7. The van der Waals surface area contributed by atoms with Crippen LogP contribution in [0.5, 0.6) is 0 Å². The maximum absolute atomic E-state index is 13.0. The van der Waals surface area contributed by atoms with Gasteiger partial charge in [-0.25, -0.2) is 0 Å². The van der Waals surface area contributed by atoms with Crippen LogP contribution in [-0.2, 0) is 14.3 Å². The van der Waals surface area contributed by atoms with Crippen LogP contribution in [-0.4, -0.2) is 45.6 Å². The summed E-state index contributed by atoms with van der Waals surface area (Å²) >= 11 is 11.4. The van der Waals surface area contributed by atoms with Gasteiger partial charge in [0.05, 0.1) is 17.1 Å². The third-order valence-electron chi connectivity index (χ3n) is 7.24. The molecule has 0 fully saturated rings. The number of nitro groups is 1. The Bertz CT molecular complexity index is 1430. The monoisotopic (exact) mass is 653 g/mol. The average Bonchev–Trinajstić information content (AvgIpc) is 3.06. The number of hydrogen-bond donors (Lipinski definition) is 2. The number of nitrogens with zero attached hydrogens (tertiary/aromatic N) is 1. The van der Waals surface area contributed by atoms with E-state index in [0.29, 0.717) is 12.6 Å². The van der Waals surface area contributed by atoms with Crippen LogP contribution in [0.25, 0.3) is 0 Å². The number of aliphatic hydroxyl groups is 1. The minimum absolute atomic E-state index is 0.107. The highest BCUT2D eigenvalue weighted by atomic mass is 35.5. The van der Waals surface area contributed by atoms with Crippen molar-refractivity contribution in [3.05, 3.63) is 131 Å². The number of ether oxygens (including phenoxy) is 1. The Morgan fingerprint density at radius 3 is 1.73 bits per heavy atom. The van der Waals surface area contributed by atoms with Crippen molar-refractivity contribution in [2.45, 2.75) is 29.8 Å². The third-order valence-corrected chi connectivity index (χ3v) is 12.2. The maximum atomic E-state index is 13.0. The van der Waals surface area contributed by atoms with E-state index in [-0.39, 0.29) is 24.3 Å². The fourth-order valence-electron chi connectivity index (χ4n) is 5.08. The van der Waals surface area contributed by atoms with E-state index in [4.69, 9.17) is 27.9 Å². The number of alkyl halides is 2. The van der Waals surface area contributed by atoms with Crippen LogP contribution in [0.15, 0.2) is 115 Å². The summed E-state index contributed by atoms with van der Waals surface area (Å²) in [7, 11) is -2.13. The minimum atomic E-state index is -2.13. The molecule has 4 aromatic rings. The second kappa shape index (κ2) is 15.8. The quantitative estimate of drug-likeness (QED) is 0.0632. The van der Waals surface area contributed by atoms with Crippen molar-refractivity contribution in [1.82, 2.24) is 5.32 Å². The van der Waals surface area contributed by atoms with Gasteiger partial charge in [0, 0.05) is 18.6 Å². The van der Waals surface area contributed by atoms with Crippen LogP contribution in [0.2, 0.25) is 0 Å². The maximum Gasteiger partial charge on any atom is 0.306 e. The molecule has 4 rings (SSSR count). The number of carbonyl (C=O) groups is 2. The molecule has 0 spiro atoms. The Hall–Kier alpha value is -3.81. The predicted octanol–water partition coefficient (Wildman–Crippen LogP) is 5.23. The number of halogens is 2. The van der Waals surface area contributed by atoms with Crippen LogP contribution in [0, 0.1) is 10.1 Å². The molecule has 0 aliphatic rings. The average molecular weight is 655 g/mol. The molecule has 0 heterocycles. The van der Waals surface area contributed by atoms with Crippen LogP contribution >= 0.6 is 30.5 Å². The Balaban J connectivity index is 1.50. The normalized spacial score (nSPS) is 12.7. The molecule has 0 bridgehead atoms. The zero-order chi connectivity index (χ0) is 31.5. The molecule has 228 valence electrons. The highest BCUT2D eigenvalue weighted by molar-refractivity contribution is 7.95. The van der Waals surface area contributed by atoms with E-state index in [9.17, 15) is 24.8 Å². The predicted molar refractivity (Wildman–Crippen MR) is 176 cm³/mol. The first-order chi connectivity index (χ1) is 21.2. The summed E-state index contributed by atoms with van der Waals surface area (Å²) in [6.45, 7) is -0.362. The van der Waals surface area contributed by atoms with E-state index in [1.165, 1.54) is 40.2 Å². The molecular weight excluding hydrogens is 622 g/mol. The number of nitrogens with one attached hydrogen (secondary N) is 1. The zero-order valence-corrected chi connectivity index (χ0v) is 26.1. The first-order valence-electron chi connectivity index (χ1n) is 13.9. The Morgan fingerprint density at radius 2 is 1.30 bits per heavy atom. The molecule has 0 aliphatic carbocycles. The van der Waals surface area contributed by atoms with Crippen LogP contribution in [0.1, 0.15) is 24.5 Å². The molecule has 0 unspecified atom stereocenters. The van der Waals surface area contributed by atoms with Crippen molar-refractivity contribution >= 4 is 63.9 Å². The molecule has 4 aromatic carbocycles. The van der Waals surface area contributed by atoms with Gasteiger partial charge in [0.25, 0.3) is 11.6 Å². The number of nitro benzene ring substituents is 1. The molecule has 2 atom stereocenters. The number of carbonyl (C=O) groups excluding carboxylic acids is 2. The van der Waals surface area contributed by atoms with Gasteiger partial charge in [0.15, 0.2) is 4.84 Å². The van der Waals surface area contributed by atoms with Crippen LogP contribution in [0.4, 0.5) is 5.69 Å². The number of amides is 1. The molecule has 44 heavy (non-hydrogen) atoms.